The van der Waals surface area contributed by atoms with Crippen LogP contribution in [0.15, 0.2) is 273 Å². The lowest BCUT2D eigenvalue weighted by Gasteiger charge is -2.39. The van der Waals surface area contributed by atoms with E-state index in [4.69, 9.17) is 0 Å². The minimum Gasteiger partial charge on any atom is -0.310 e. The highest BCUT2D eigenvalue weighted by atomic mass is 15.1. The molecule has 0 saturated heterocycles. The molecule has 0 aliphatic heterocycles. The first kappa shape index (κ1) is 39.1. The Labute approximate surface area is 393 Å². The monoisotopic (exact) mass is 853 g/mol. The van der Waals surface area contributed by atoms with E-state index in [0.717, 1.165) is 17.1 Å². The molecule has 0 fully saturated rings. The smallest absolute Gasteiger partial charge is 0.0714 e. The lowest BCUT2D eigenvalue weighted by Crippen LogP contribution is -2.35. The van der Waals surface area contributed by atoms with Crippen molar-refractivity contribution in [3.05, 3.63) is 318 Å². The Morgan fingerprint density at radius 3 is 1.54 bits per heavy atom. The molecule has 2 unspecified atom stereocenters. The third-order valence-electron chi connectivity index (χ3n) is 15.1. The van der Waals surface area contributed by atoms with Gasteiger partial charge in [-0.05, 0) is 108 Å². The third-order valence-corrected chi connectivity index (χ3v) is 15.1. The van der Waals surface area contributed by atoms with Gasteiger partial charge in [0.25, 0.3) is 0 Å². The number of hydrogen-bond acceptors (Lipinski definition) is 1. The summed E-state index contributed by atoms with van der Waals surface area (Å²) in [5.74, 6) is 0.350. The van der Waals surface area contributed by atoms with Crippen LogP contribution >= 0.6 is 0 Å². The molecule has 0 saturated carbocycles. The molecule has 0 radical (unpaired) electrons. The van der Waals surface area contributed by atoms with E-state index >= 15 is 0 Å². The number of fused-ring (bicyclic) bond motifs is 7. The van der Waals surface area contributed by atoms with Gasteiger partial charge in [0.2, 0.25) is 0 Å². The van der Waals surface area contributed by atoms with Crippen LogP contribution in [0.5, 0.6) is 0 Å². The Bertz CT molecular complexity index is 3440. The van der Waals surface area contributed by atoms with Crippen molar-refractivity contribution in [3.63, 3.8) is 0 Å². The molecule has 2 atom stereocenters. The molecule has 1 heteroatoms. The van der Waals surface area contributed by atoms with Crippen molar-refractivity contribution in [2.45, 2.75) is 16.7 Å². The topological polar surface area (TPSA) is 3.24 Å². The van der Waals surface area contributed by atoms with Crippen LogP contribution in [-0.2, 0) is 10.8 Å². The molecule has 67 heavy (non-hydrogen) atoms. The molecule has 0 aromatic heterocycles. The van der Waals surface area contributed by atoms with E-state index in [2.05, 4.69) is 278 Å². The fraction of sp³-hybridized carbons (Fsp3) is 0.0606. The first-order valence-electron chi connectivity index (χ1n) is 23.6. The second kappa shape index (κ2) is 15.7. The number of benzene rings is 10. The van der Waals surface area contributed by atoms with Crippen LogP contribution in [0, 0.1) is 5.92 Å². The highest BCUT2D eigenvalue weighted by Gasteiger charge is 2.53. The molecule has 0 bridgehead atoms. The molecular formula is C66H47N. The highest BCUT2D eigenvalue weighted by molar-refractivity contribution is 5.96. The molecule has 10 aromatic carbocycles. The van der Waals surface area contributed by atoms with E-state index in [1.54, 1.807) is 0 Å². The summed E-state index contributed by atoms with van der Waals surface area (Å²) in [5, 5.41) is 2.42. The molecule has 0 spiro atoms. The second-order valence-electron chi connectivity index (χ2n) is 18.3. The SMILES string of the molecule is C1=CC2c3cc(-c4ccccc4)c(N(c4ccc5c(c4)C(c4ccccc4)(c4ccccc4)c4ccccc4-5)c4ccc5ccccc5c4)cc3C(c3ccccc3)(c3ccccc3)C2C=C1. The first-order valence-corrected chi connectivity index (χ1v) is 23.6. The predicted molar refractivity (Wildman–Crippen MR) is 279 cm³/mol. The number of rotatable bonds is 8. The number of hydrogen-bond donors (Lipinski definition) is 0. The molecule has 316 valence electrons. The maximum Gasteiger partial charge on any atom is 0.0714 e. The summed E-state index contributed by atoms with van der Waals surface area (Å²) in [5.41, 5.74) is 17.7. The van der Waals surface area contributed by atoms with Gasteiger partial charge in [-0.2, -0.15) is 0 Å². The molecule has 0 heterocycles. The molecule has 0 N–H and O–H groups in total. The van der Waals surface area contributed by atoms with Crippen molar-refractivity contribution < 1.29 is 0 Å². The van der Waals surface area contributed by atoms with E-state index in [1.807, 2.05) is 0 Å². The molecule has 3 aliphatic rings. The van der Waals surface area contributed by atoms with Gasteiger partial charge in [0.05, 0.1) is 16.5 Å². The van der Waals surface area contributed by atoms with Crippen LogP contribution in [0.2, 0.25) is 0 Å². The predicted octanol–water partition coefficient (Wildman–Crippen LogP) is 16.5. The van der Waals surface area contributed by atoms with Crippen molar-refractivity contribution in [1.29, 1.82) is 0 Å². The average molecular weight is 854 g/mol. The van der Waals surface area contributed by atoms with Gasteiger partial charge < -0.3 is 4.90 Å². The Balaban J connectivity index is 1.15. The Kier molecular flexibility index (Phi) is 9.18. The van der Waals surface area contributed by atoms with E-state index in [1.165, 1.54) is 77.5 Å². The number of anilines is 3. The minimum atomic E-state index is -0.552. The standard InChI is InChI=1S/C66H47N/c1-6-23-47(24-7-1)58-44-59-56-35-19-21-37-61(56)66(51-30-12-4-13-31-51,52-32-14-5-15-33-52)63(59)45-64(58)67(53-39-38-46-22-16-17-25-48(46)42-53)54-40-41-57-55-34-18-20-36-60(55)65(62(57)43-54,49-26-8-2-9-27-49)50-28-10-3-11-29-50/h1-45,56,61H. The van der Waals surface area contributed by atoms with E-state index < -0.39 is 10.8 Å². The van der Waals surface area contributed by atoms with Gasteiger partial charge in [0, 0.05) is 28.8 Å². The van der Waals surface area contributed by atoms with Crippen molar-refractivity contribution in [1.82, 2.24) is 0 Å². The van der Waals surface area contributed by atoms with Gasteiger partial charge in [-0.1, -0.05) is 237 Å². The van der Waals surface area contributed by atoms with Gasteiger partial charge >= 0.3 is 0 Å². The normalized spacial score (nSPS) is 16.8. The van der Waals surface area contributed by atoms with Crippen molar-refractivity contribution >= 4 is 27.8 Å². The van der Waals surface area contributed by atoms with Crippen molar-refractivity contribution in [3.8, 4) is 22.3 Å². The average Bonchev–Trinajstić information content (AvgIpc) is 3.87. The molecular weight excluding hydrogens is 807 g/mol. The number of nitrogens with zero attached hydrogens (tertiary/aromatic N) is 1. The first-order chi connectivity index (χ1) is 33.2. The van der Waals surface area contributed by atoms with Gasteiger partial charge in [-0.25, -0.2) is 0 Å². The second-order valence-corrected chi connectivity index (χ2v) is 18.3. The highest BCUT2D eigenvalue weighted by Crippen LogP contribution is 2.62. The minimum absolute atomic E-state index is 0.168. The third kappa shape index (κ3) is 5.88. The zero-order valence-electron chi connectivity index (χ0n) is 37.1. The summed E-state index contributed by atoms with van der Waals surface area (Å²) < 4.78 is 0. The zero-order chi connectivity index (χ0) is 44.4. The summed E-state index contributed by atoms with van der Waals surface area (Å²) in [4.78, 5) is 2.56. The fourth-order valence-electron chi connectivity index (χ4n) is 12.3. The van der Waals surface area contributed by atoms with Crippen LogP contribution in [0.1, 0.15) is 50.4 Å². The molecule has 3 aliphatic carbocycles. The summed E-state index contributed by atoms with van der Waals surface area (Å²) in [7, 11) is 0. The maximum atomic E-state index is 2.58. The Morgan fingerprint density at radius 1 is 0.343 bits per heavy atom. The summed E-state index contributed by atoms with van der Waals surface area (Å²) in [6.07, 6.45) is 9.43. The van der Waals surface area contributed by atoms with Crippen molar-refractivity contribution in [2.75, 3.05) is 4.90 Å². The molecule has 10 aromatic rings. The maximum absolute atomic E-state index is 2.58. The van der Waals surface area contributed by atoms with Crippen LogP contribution in [-0.4, -0.2) is 0 Å². The summed E-state index contributed by atoms with van der Waals surface area (Å²) in [6.45, 7) is 0. The Morgan fingerprint density at radius 2 is 0.866 bits per heavy atom. The summed E-state index contributed by atoms with van der Waals surface area (Å²) in [6, 6.07) is 93.1. The van der Waals surface area contributed by atoms with Crippen LogP contribution in [0.4, 0.5) is 17.1 Å². The van der Waals surface area contributed by atoms with E-state index in [-0.39, 0.29) is 11.8 Å². The Hall–Kier alpha value is -8.26. The largest absolute Gasteiger partial charge is 0.310 e. The fourth-order valence-corrected chi connectivity index (χ4v) is 12.3. The van der Waals surface area contributed by atoms with Gasteiger partial charge in [-0.3, -0.25) is 0 Å². The van der Waals surface area contributed by atoms with Gasteiger partial charge in [-0.15, -0.1) is 0 Å². The van der Waals surface area contributed by atoms with Crippen LogP contribution in [0.3, 0.4) is 0 Å². The quantitative estimate of drug-likeness (QED) is 0.147. The molecule has 13 rings (SSSR count). The summed E-state index contributed by atoms with van der Waals surface area (Å²) >= 11 is 0. The van der Waals surface area contributed by atoms with Crippen molar-refractivity contribution in [2.24, 2.45) is 5.92 Å². The van der Waals surface area contributed by atoms with E-state index in [0.29, 0.717) is 0 Å². The van der Waals surface area contributed by atoms with Crippen LogP contribution in [0.25, 0.3) is 33.0 Å². The molecule has 1 nitrogen and oxygen atoms in total. The zero-order valence-corrected chi connectivity index (χ0v) is 37.1. The number of allylic oxidation sites excluding steroid dienone is 4. The van der Waals surface area contributed by atoms with E-state index in [9.17, 15) is 0 Å². The molecule has 0 amide bonds. The van der Waals surface area contributed by atoms with Gasteiger partial charge in [0.1, 0.15) is 0 Å². The lowest BCUT2D eigenvalue weighted by molar-refractivity contribution is 0.457. The van der Waals surface area contributed by atoms with Crippen LogP contribution < -0.4 is 4.90 Å². The van der Waals surface area contributed by atoms with Gasteiger partial charge in [0.15, 0.2) is 0 Å². The lowest BCUT2D eigenvalue weighted by atomic mass is 9.63.